The maximum absolute atomic E-state index is 15.2. The molecule has 3 aromatic carbocycles. The minimum Gasteiger partial charge on any atom is -0.343 e. The second-order valence-electron chi connectivity index (χ2n) is 26.7. The van der Waals surface area contributed by atoms with Crippen LogP contribution in [0, 0.1) is 17.8 Å². The molecule has 24 nitrogen and oxygen atoms in total. The summed E-state index contributed by atoms with van der Waals surface area (Å²) in [5.41, 5.74) is 0.575. The number of benzene rings is 3. The molecular weight excluding hydrogens is 1290 g/mol. The summed E-state index contributed by atoms with van der Waals surface area (Å²) in [7, 11) is 7.97. The second kappa shape index (κ2) is 36.8. The summed E-state index contributed by atoms with van der Waals surface area (Å²) in [6.45, 7) is 10.9. The van der Waals surface area contributed by atoms with Gasteiger partial charge in [0.2, 0.25) is 70.9 Å². The van der Waals surface area contributed by atoms with E-state index >= 15 is 9.59 Å². The number of rotatable bonds is 14. The molecule has 12 amide bonds. The van der Waals surface area contributed by atoms with Gasteiger partial charge in [-0.3, -0.25) is 57.5 Å². The van der Waals surface area contributed by atoms with Crippen molar-refractivity contribution in [1.29, 1.82) is 0 Å². The van der Waals surface area contributed by atoms with Crippen LogP contribution in [0.15, 0.2) is 78.9 Å². The number of alkyl halides is 3. The van der Waals surface area contributed by atoms with Crippen molar-refractivity contribution in [3.05, 3.63) is 106 Å². The normalized spacial score (nSPS) is 23.6. The zero-order chi connectivity index (χ0) is 73.0. The summed E-state index contributed by atoms with van der Waals surface area (Å²) in [6.07, 6.45) is -4.15. The second-order valence-corrected chi connectivity index (χ2v) is 27.2. The van der Waals surface area contributed by atoms with Crippen LogP contribution in [0.1, 0.15) is 116 Å². The van der Waals surface area contributed by atoms with E-state index < -0.39 is 163 Å². The monoisotopic (exact) mass is 1390 g/mol. The SMILES string of the molecule is CC[C@H](C)[C@@H]1NC(=O)[C@H](C)N(C)C(=O)C[C@@H](C(=O)N2CCCC2)NC(=O)[C@H](CC(C)C)NC(=O)[C@H](Cc2ccccc2)N(C)C(=O)[C@H](CC(C)C)NC(=O)[C@H](CCc2ccc(C(F)(F)F)cc2)NC(=O)CN(C)C(=O)[C@H](Cc2ccc(Cl)cc2)N(C)C(=O)CN(C)C(=O)CN(C)C1=O. The van der Waals surface area contributed by atoms with Gasteiger partial charge in [0.25, 0.3) is 0 Å². The third-order valence-corrected chi connectivity index (χ3v) is 18.3. The summed E-state index contributed by atoms with van der Waals surface area (Å²) in [5.74, 6) is -10.2. The third-order valence-electron chi connectivity index (χ3n) is 18.0. The topological polar surface area (TPSA) is 288 Å². The van der Waals surface area contributed by atoms with Gasteiger partial charge in [-0.05, 0) is 104 Å². The Bertz CT molecular complexity index is 3280. The summed E-state index contributed by atoms with van der Waals surface area (Å²) in [6, 6.07) is 8.31. The number of amides is 12. The lowest BCUT2D eigenvalue weighted by atomic mass is 9.97. The molecule has 0 bridgehead atoms. The number of halogens is 4. The van der Waals surface area contributed by atoms with Crippen molar-refractivity contribution >= 4 is 82.5 Å². The van der Waals surface area contributed by atoms with E-state index in [9.17, 15) is 61.1 Å². The summed E-state index contributed by atoms with van der Waals surface area (Å²) in [4.78, 5) is 183. The van der Waals surface area contributed by atoms with Gasteiger partial charge in [-0.15, -0.1) is 0 Å². The molecule has 9 atom stereocenters. The number of hydrogen-bond acceptors (Lipinski definition) is 12. The van der Waals surface area contributed by atoms with Crippen LogP contribution in [0.4, 0.5) is 13.2 Å². The summed E-state index contributed by atoms with van der Waals surface area (Å²) >= 11 is 6.21. The molecule has 0 unspecified atom stereocenters. The van der Waals surface area contributed by atoms with Gasteiger partial charge in [0.05, 0.1) is 31.6 Å². The molecule has 28 heteroatoms. The van der Waals surface area contributed by atoms with Gasteiger partial charge >= 0.3 is 6.18 Å². The molecule has 98 heavy (non-hydrogen) atoms. The standard InChI is InChI=1S/C70H98ClF3N12O12/c1-14-44(6)61-69(98)82(10)40-59(89)80(8)41-60(90)84(12)56(37-48-24-29-50(71)30-25-48)68(97)81(9)39-57(87)75-51(31-26-46-22-27-49(28-23-46)70(72,73)74)63(92)77-53(35-43(4)5)66(95)85(13)55(36-47-20-16-15-17-21-47)65(94)76-52(34-42(2)3)64(93)78-54(67(96)86-32-18-19-33-86)38-58(88)83(11)45(7)62(91)79-61/h15-17,20-25,27-30,42-45,51-56,61H,14,18-19,26,31-41H2,1-13H3,(H,75,87)(H,76,94)(H,77,92)(H,78,93)(H,79,91)/t44-,45-,51-,52-,53-,54-,55-,56-,61-/m0/s1. The van der Waals surface area contributed by atoms with Crippen LogP contribution in [0.25, 0.3) is 0 Å². The minimum absolute atomic E-state index is 0.00929. The number of carbonyl (C=O) groups is 12. The third kappa shape index (κ3) is 23.3. The van der Waals surface area contributed by atoms with E-state index in [2.05, 4.69) is 26.6 Å². The van der Waals surface area contributed by atoms with Crippen LogP contribution < -0.4 is 26.6 Å². The van der Waals surface area contributed by atoms with Crippen molar-refractivity contribution < 1.29 is 70.7 Å². The lowest BCUT2D eigenvalue weighted by molar-refractivity contribution is -0.148. The molecule has 0 radical (unpaired) electrons. The van der Waals surface area contributed by atoms with Crippen LogP contribution in [-0.4, -0.2) is 229 Å². The molecular formula is C70H98ClF3N12O12. The van der Waals surface area contributed by atoms with Gasteiger partial charge in [0, 0.05) is 73.2 Å². The molecule has 2 aliphatic heterocycles. The lowest BCUT2D eigenvalue weighted by Gasteiger charge is -2.34. The highest BCUT2D eigenvalue weighted by molar-refractivity contribution is 6.30. The van der Waals surface area contributed by atoms with Gasteiger partial charge in [-0.1, -0.05) is 114 Å². The smallest absolute Gasteiger partial charge is 0.343 e. The largest absolute Gasteiger partial charge is 0.416 e. The average Bonchev–Trinajstić information content (AvgIpc) is 0.898. The Hall–Kier alpha value is -8.62. The molecule has 0 saturated carbocycles. The number of likely N-dealkylation sites (tertiary alicyclic amines) is 1. The fraction of sp³-hybridized carbons (Fsp3) is 0.571. The van der Waals surface area contributed by atoms with Gasteiger partial charge in [0.15, 0.2) is 0 Å². The summed E-state index contributed by atoms with van der Waals surface area (Å²) < 4.78 is 41.0. The van der Waals surface area contributed by atoms with Crippen molar-refractivity contribution in [1.82, 2.24) is 60.9 Å². The number of likely N-dealkylation sites (N-methyl/N-ethyl adjacent to an activating group) is 6. The Morgan fingerprint density at radius 3 is 1.65 bits per heavy atom. The van der Waals surface area contributed by atoms with E-state index in [1.54, 1.807) is 96.1 Å². The van der Waals surface area contributed by atoms with E-state index in [1.165, 1.54) is 66.2 Å². The molecule has 2 saturated heterocycles. The Morgan fingerprint density at radius 2 is 1.07 bits per heavy atom. The maximum atomic E-state index is 15.2. The highest BCUT2D eigenvalue weighted by atomic mass is 35.5. The number of nitrogens with zero attached hydrogens (tertiary/aromatic N) is 7. The molecule has 5 rings (SSSR count). The Kier molecular flexibility index (Phi) is 30.1. The van der Waals surface area contributed by atoms with E-state index in [0.717, 1.165) is 41.5 Å². The number of aryl methyl sites for hydroxylation is 1. The molecule has 3 aromatic rings. The predicted molar refractivity (Wildman–Crippen MR) is 362 cm³/mol. The van der Waals surface area contributed by atoms with Crippen LogP contribution in [0.2, 0.25) is 5.02 Å². The molecule has 0 aliphatic carbocycles. The summed E-state index contributed by atoms with van der Waals surface area (Å²) in [5, 5.41) is 14.1. The van der Waals surface area contributed by atoms with Gasteiger partial charge in [0.1, 0.15) is 48.3 Å². The van der Waals surface area contributed by atoms with Crippen molar-refractivity contribution in [3.8, 4) is 0 Å². The van der Waals surface area contributed by atoms with Gasteiger partial charge < -0.3 is 60.9 Å². The zero-order valence-corrected chi connectivity index (χ0v) is 59.3. The van der Waals surface area contributed by atoms with E-state index in [-0.39, 0.29) is 50.4 Å². The Balaban J connectivity index is 1.62. The molecule has 0 aromatic heterocycles. The van der Waals surface area contributed by atoms with Crippen molar-refractivity contribution in [2.24, 2.45) is 17.8 Å². The van der Waals surface area contributed by atoms with Crippen LogP contribution >= 0.6 is 11.6 Å². The number of nitrogens with one attached hydrogen (secondary N) is 5. The van der Waals surface area contributed by atoms with E-state index in [0.29, 0.717) is 54.1 Å². The highest BCUT2D eigenvalue weighted by Gasteiger charge is 2.41. The maximum Gasteiger partial charge on any atom is 0.416 e. The van der Waals surface area contributed by atoms with Gasteiger partial charge in [-0.25, -0.2) is 0 Å². The molecule has 2 aliphatic rings. The quantitative estimate of drug-likeness (QED) is 0.152. The van der Waals surface area contributed by atoms with E-state index in [1.807, 2.05) is 0 Å². The van der Waals surface area contributed by atoms with Crippen LogP contribution in [0.5, 0.6) is 0 Å². The number of carbonyl (C=O) groups excluding carboxylic acids is 12. The molecule has 2 fully saturated rings. The fourth-order valence-electron chi connectivity index (χ4n) is 11.6. The molecule has 2 heterocycles. The molecule has 538 valence electrons. The first-order valence-electron chi connectivity index (χ1n) is 33.3. The lowest BCUT2D eigenvalue weighted by Crippen LogP contribution is -2.60. The highest BCUT2D eigenvalue weighted by Crippen LogP contribution is 2.30. The van der Waals surface area contributed by atoms with E-state index in [4.69, 9.17) is 11.6 Å². The zero-order valence-electron chi connectivity index (χ0n) is 58.5. The first kappa shape index (κ1) is 80.1. The molecule has 0 spiro atoms. The minimum atomic E-state index is -4.65. The predicted octanol–water partition coefficient (Wildman–Crippen LogP) is 4.24. The Labute approximate surface area is 577 Å². The number of hydrogen-bond donors (Lipinski definition) is 5. The fourth-order valence-corrected chi connectivity index (χ4v) is 11.7. The Morgan fingerprint density at radius 1 is 0.541 bits per heavy atom. The van der Waals surface area contributed by atoms with Crippen molar-refractivity contribution in [2.45, 2.75) is 167 Å². The van der Waals surface area contributed by atoms with Gasteiger partial charge in [-0.2, -0.15) is 13.2 Å². The van der Waals surface area contributed by atoms with Crippen LogP contribution in [-0.2, 0) is 83.0 Å². The van der Waals surface area contributed by atoms with Crippen molar-refractivity contribution in [3.63, 3.8) is 0 Å². The first-order chi connectivity index (χ1) is 46.0. The van der Waals surface area contributed by atoms with Crippen molar-refractivity contribution in [2.75, 3.05) is 75.0 Å². The first-order valence-corrected chi connectivity index (χ1v) is 33.6. The molecule has 5 N–H and O–H groups in total. The van der Waals surface area contributed by atoms with Crippen LogP contribution in [0.3, 0.4) is 0 Å². The average molecular weight is 1390 g/mol.